The molecule has 12 heteroatoms. The monoisotopic (exact) mass is 446 g/mol. The summed E-state index contributed by atoms with van der Waals surface area (Å²) in [6.07, 6.45) is 0. The summed E-state index contributed by atoms with van der Waals surface area (Å²) >= 11 is 0. The van der Waals surface area contributed by atoms with Crippen LogP contribution in [-0.2, 0) is 20.2 Å². The summed E-state index contributed by atoms with van der Waals surface area (Å²) in [5.74, 6) is -1.29. The number of hydrogen-bond acceptors (Lipinski definition) is 6. The van der Waals surface area contributed by atoms with E-state index in [0.717, 1.165) is 18.2 Å². The van der Waals surface area contributed by atoms with Gasteiger partial charge in [0.1, 0.15) is 10.6 Å². The molecule has 0 aliphatic heterocycles. The second-order valence-electron chi connectivity index (χ2n) is 5.75. The van der Waals surface area contributed by atoms with E-state index in [4.69, 9.17) is 0 Å². The Morgan fingerprint density at radius 1 is 0.862 bits per heavy atom. The van der Waals surface area contributed by atoms with Gasteiger partial charge in [0.2, 0.25) is 0 Å². The van der Waals surface area contributed by atoms with Gasteiger partial charge in [0.05, 0.1) is 10.6 Å². The quantitative estimate of drug-likeness (QED) is 0.349. The van der Waals surface area contributed by atoms with Crippen molar-refractivity contribution in [1.82, 2.24) is 0 Å². The first kappa shape index (κ1) is 23.3. The molecule has 0 aromatic heterocycles. The van der Waals surface area contributed by atoms with Gasteiger partial charge in [-0.2, -0.15) is 16.8 Å². The average molecular weight is 446 g/mol. The number of nitrogens with one attached hydrogen (secondary N) is 1. The maximum Gasteiger partial charge on any atom is 0.295 e. The molecule has 0 heterocycles. The van der Waals surface area contributed by atoms with Gasteiger partial charge in [-0.05, 0) is 30.3 Å². The van der Waals surface area contributed by atoms with Crippen molar-refractivity contribution in [3.8, 4) is 5.75 Å². The SMILES string of the molecule is O=C(Nc1ccc(S(=O)(=O)O)c2cc(S(=O)(=O)O)cc(O)c12)c1ccccc1.[Na]. The van der Waals surface area contributed by atoms with Gasteiger partial charge in [0, 0.05) is 52.0 Å². The summed E-state index contributed by atoms with van der Waals surface area (Å²) < 4.78 is 64.7. The van der Waals surface area contributed by atoms with E-state index >= 15 is 0 Å². The second-order valence-corrected chi connectivity index (χ2v) is 8.56. The number of aromatic hydroxyl groups is 1. The number of fused-ring (bicyclic) bond motifs is 1. The minimum atomic E-state index is -4.81. The summed E-state index contributed by atoms with van der Waals surface area (Å²) in [7, 11) is -9.59. The van der Waals surface area contributed by atoms with Gasteiger partial charge in [-0.25, -0.2) is 0 Å². The van der Waals surface area contributed by atoms with Crippen LogP contribution < -0.4 is 5.32 Å². The van der Waals surface area contributed by atoms with E-state index in [0.29, 0.717) is 6.07 Å². The molecule has 0 spiro atoms. The Morgan fingerprint density at radius 3 is 2.03 bits per heavy atom. The van der Waals surface area contributed by atoms with E-state index in [2.05, 4.69) is 5.32 Å². The number of carbonyl (C=O) groups excluding carboxylic acids is 1. The van der Waals surface area contributed by atoms with Crippen molar-refractivity contribution in [2.45, 2.75) is 9.79 Å². The van der Waals surface area contributed by atoms with Crippen LogP contribution in [0.4, 0.5) is 5.69 Å². The Kier molecular flexibility index (Phi) is 6.75. The number of amides is 1. The standard InChI is InChI=1S/C17H13NO8S2.Na/c19-14-9-11(27(21,22)23)8-12-15(28(24,25)26)7-6-13(16(12)14)18-17(20)10-4-2-1-3-5-10;/h1-9,19H,(H,18,20)(H,21,22,23)(H,24,25,26);. The Labute approximate surface area is 188 Å². The maximum atomic E-state index is 12.4. The molecule has 0 fully saturated rings. The molecule has 0 unspecified atom stereocenters. The zero-order valence-corrected chi connectivity index (χ0v) is 18.5. The minimum Gasteiger partial charge on any atom is -0.507 e. The summed E-state index contributed by atoms with van der Waals surface area (Å²) in [6.45, 7) is 0. The molecule has 3 rings (SSSR count). The number of rotatable bonds is 4. The number of phenols is 1. The van der Waals surface area contributed by atoms with E-state index in [9.17, 15) is 35.8 Å². The van der Waals surface area contributed by atoms with E-state index in [-0.39, 0.29) is 46.2 Å². The van der Waals surface area contributed by atoms with Gasteiger partial charge in [-0.1, -0.05) is 18.2 Å². The smallest absolute Gasteiger partial charge is 0.295 e. The third kappa shape index (κ3) is 4.95. The second kappa shape index (κ2) is 8.40. The molecule has 0 aliphatic carbocycles. The summed E-state index contributed by atoms with van der Waals surface area (Å²) in [5.41, 5.74) is 0.249. The Balaban J connectivity index is 0.00000300. The molecule has 3 aromatic rings. The molecule has 0 bridgehead atoms. The van der Waals surface area contributed by atoms with E-state index in [1.807, 2.05) is 0 Å². The van der Waals surface area contributed by atoms with Gasteiger partial charge < -0.3 is 10.4 Å². The van der Waals surface area contributed by atoms with Crippen LogP contribution in [-0.4, -0.2) is 66.5 Å². The molecule has 0 aliphatic rings. The molecule has 0 saturated heterocycles. The van der Waals surface area contributed by atoms with Crippen molar-refractivity contribution < 1.29 is 35.8 Å². The molecule has 0 saturated carbocycles. The first-order chi connectivity index (χ1) is 13.0. The maximum absolute atomic E-state index is 12.4. The predicted molar refractivity (Wildman–Crippen MR) is 105 cm³/mol. The van der Waals surface area contributed by atoms with Crippen molar-refractivity contribution in [1.29, 1.82) is 0 Å². The zero-order valence-electron chi connectivity index (χ0n) is 14.9. The summed E-state index contributed by atoms with van der Waals surface area (Å²) in [6, 6.07) is 11.6. The molecule has 147 valence electrons. The predicted octanol–water partition coefficient (Wildman–Crippen LogP) is 1.91. The van der Waals surface area contributed by atoms with Crippen molar-refractivity contribution >= 4 is 72.2 Å². The number of phenolic OH excluding ortho intramolecular Hbond substituents is 1. The van der Waals surface area contributed by atoms with Gasteiger partial charge in [0.15, 0.2) is 0 Å². The van der Waals surface area contributed by atoms with Crippen LogP contribution in [0.2, 0.25) is 0 Å². The zero-order chi connectivity index (χ0) is 20.7. The van der Waals surface area contributed by atoms with Crippen molar-refractivity contribution in [3.05, 3.63) is 60.2 Å². The third-order valence-electron chi connectivity index (χ3n) is 3.89. The first-order valence-corrected chi connectivity index (χ1v) is 10.5. The topological polar surface area (TPSA) is 158 Å². The van der Waals surface area contributed by atoms with Crippen LogP contribution in [0.15, 0.2) is 64.4 Å². The fraction of sp³-hybridized carbons (Fsp3) is 0. The first-order valence-electron chi connectivity index (χ1n) is 7.59. The summed E-state index contributed by atoms with van der Waals surface area (Å²) in [5, 5.41) is 12.1. The van der Waals surface area contributed by atoms with Gasteiger partial charge in [-0.15, -0.1) is 0 Å². The van der Waals surface area contributed by atoms with Crippen LogP contribution in [0.1, 0.15) is 10.4 Å². The molecule has 29 heavy (non-hydrogen) atoms. The van der Waals surface area contributed by atoms with Gasteiger partial charge in [-0.3, -0.25) is 13.9 Å². The van der Waals surface area contributed by atoms with Crippen LogP contribution in [0.25, 0.3) is 10.8 Å². The van der Waals surface area contributed by atoms with Gasteiger partial charge in [0.25, 0.3) is 26.1 Å². The van der Waals surface area contributed by atoms with E-state index in [1.165, 1.54) is 12.1 Å². The van der Waals surface area contributed by atoms with Crippen LogP contribution in [0, 0.1) is 0 Å². The number of carbonyl (C=O) groups is 1. The minimum absolute atomic E-state index is 0. The van der Waals surface area contributed by atoms with Crippen LogP contribution >= 0.6 is 0 Å². The molecule has 4 N–H and O–H groups in total. The fourth-order valence-corrected chi connectivity index (χ4v) is 3.88. The van der Waals surface area contributed by atoms with Crippen LogP contribution in [0.3, 0.4) is 0 Å². The third-order valence-corrected chi connectivity index (χ3v) is 5.63. The Morgan fingerprint density at radius 2 is 1.48 bits per heavy atom. The van der Waals surface area contributed by atoms with E-state index < -0.39 is 47.1 Å². The Bertz CT molecular complexity index is 1310. The molecule has 0 atom stereocenters. The molecule has 3 aromatic carbocycles. The van der Waals surface area contributed by atoms with Crippen molar-refractivity contribution in [2.75, 3.05) is 5.32 Å². The molecule has 1 amide bonds. The largest absolute Gasteiger partial charge is 0.507 e. The molecule has 1 radical (unpaired) electrons. The Hall–Kier alpha value is -1.99. The number of anilines is 1. The number of benzene rings is 3. The molecular formula is C17H13NNaO8S2. The molecule has 9 nitrogen and oxygen atoms in total. The van der Waals surface area contributed by atoms with Crippen LogP contribution in [0.5, 0.6) is 5.75 Å². The molecular weight excluding hydrogens is 433 g/mol. The average Bonchev–Trinajstić information content (AvgIpc) is 2.60. The van der Waals surface area contributed by atoms with Gasteiger partial charge >= 0.3 is 0 Å². The fourth-order valence-electron chi connectivity index (χ4n) is 2.67. The van der Waals surface area contributed by atoms with E-state index in [1.54, 1.807) is 18.2 Å². The van der Waals surface area contributed by atoms with Crippen molar-refractivity contribution in [2.24, 2.45) is 0 Å². The number of hydrogen-bond donors (Lipinski definition) is 4. The summed E-state index contributed by atoms with van der Waals surface area (Å²) in [4.78, 5) is 10.9. The normalized spacial score (nSPS) is 11.7. The van der Waals surface area contributed by atoms with Crippen molar-refractivity contribution in [3.63, 3.8) is 0 Å².